The number of hydrogen-bond donors (Lipinski definition) is 2. The van der Waals surface area contributed by atoms with E-state index in [2.05, 4.69) is 26.6 Å². The Labute approximate surface area is 182 Å². The predicted octanol–water partition coefficient (Wildman–Crippen LogP) is 6.49. The first kappa shape index (κ1) is 24.2. The zero-order valence-corrected chi connectivity index (χ0v) is 18.1. The molecule has 1 atom stereocenters. The van der Waals surface area contributed by atoms with Crippen molar-refractivity contribution < 1.29 is 31.5 Å². The van der Waals surface area contributed by atoms with E-state index in [9.17, 15) is 26.7 Å². The van der Waals surface area contributed by atoms with Crippen LogP contribution in [-0.2, 0) is 5.67 Å². The van der Waals surface area contributed by atoms with Crippen LogP contribution in [0.3, 0.4) is 0 Å². The molecule has 30 heavy (non-hydrogen) atoms. The van der Waals surface area contributed by atoms with Gasteiger partial charge in [0.1, 0.15) is 6.67 Å². The molecular formula is C19H17BrClF5N2O2. The number of hydrogen-bond acceptors (Lipinski definition) is 3. The van der Waals surface area contributed by atoms with Gasteiger partial charge in [0.25, 0.3) is 11.6 Å². The molecule has 0 bridgehead atoms. The summed E-state index contributed by atoms with van der Waals surface area (Å²) >= 11 is 8.95. The van der Waals surface area contributed by atoms with E-state index in [0.717, 1.165) is 6.07 Å². The van der Waals surface area contributed by atoms with Gasteiger partial charge in [-0.2, -0.15) is 13.2 Å². The number of amides is 1. The lowest BCUT2D eigenvalue weighted by Crippen LogP contribution is -2.40. The lowest BCUT2D eigenvalue weighted by molar-refractivity contribution is -0.240. The van der Waals surface area contributed by atoms with Gasteiger partial charge in [-0.25, -0.2) is 8.78 Å². The number of methoxy groups -OCH3 is 1. The maximum atomic E-state index is 14.3. The molecule has 0 saturated carbocycles. The molecule has 2 aromatic carbocycles. The third kappa shape index (κ3) is 4.64. The fraction of sp³-hybridized carbons (Fsp3) is 0.316. The normalized spacial score (nSPS) is 13.5. The largest absolute Gasteiger partial charge is 0.494 e. The zero-order valence-electron chi connectivity index (χ0n) is 15.8. The van der Waals surface area contributed by atoms with Crippen LogP contribution in [0.2, 0.25) is 5.02 Å². The molecule has 0 heterocycles. The SMILES string of the molecule is CCNc1cccc(C(=O)Nc2c(Cl)cc(C(F)(CF)C(F)(F)F)cc2Br)c1OC. The number of ether oxygens (including phenoxy) is 1. The van der Waals surface area contributed by atoms with E-state index < -0.39 is 35.0 Å². The maximum absolute atomic E-state index is 14.3. The molecule has 0 spiro atoms. The first-order valence-corrected chi connectivity index (χ1v) is 9.70. The van der Waals surface area contributed by atoms with Gasteiger partial charge in [0.05, 0.1) is 29.1 Å². The van der Waals surface area contributed by atoms with E-state index in [1.807, 2.05) is 6.92 Å². The Bertz CT molecular complexity index is 919. The van der Waals surface area contributed by atoms with Crippen LogP contribution in [0.5, 0.6) is 5.75 Å². The number of para-hydroxylation sites is 1. The molecule has 2 rings (SSSR count). The topological polar surface area (TPSA) is 50.4 Å². The van der Waals surface area contributed by atoms with E-state index >= 15 is 0 Å². The van der Waals surface area contributed by atoms with Crippen LogP contribution in [0.4, 0.5) is 33.3 Å². The third-order valence-electron chi connectivity index (χ3n) is 4.20. The first-order valence-electron chi connectivity index (χ1n) is 8.53. The highest BCUT2D eigenvalue weighted by Gasteiger charge is 2.58. The summed E-state index contributed by atoms with van der Waals surface area (Å²) in [5.41, 5.74) is -4.68. The van der Waals surface area contributed by atoms with Crippen molar-refractivity contribution in [3.8, 4) is 5.75 Å². The van der Waals surface area contributed by atoms with Gasteiger partial charge < -0.3 is 15.4 Å². The average Bonchev–Trinajstić information content (AvgIpc) is 2.68. The fourth-order valence-electron chi connectivity index (χ4n) is 2.68. The van der Waals surface area contributed by atoms with Crippen molar-refractivity contribution in [2.24, 2.45) is 0 Å². The Balaban J connectivity index is 2.44. The molecule has 164 valence electrons. The highest BCUT2D eigenvalue weighted by atomic mass is 79.9. The van der Waals surface area contributed by atoms with E-state index in [1.165, 1.54) is 13.2 Å². The van der Waals surface area contributed by atoms with Crippen LogP contribution in [-0.4, -0.2) is 32.4 Å². The van der Waals surface area contributed by atoms with Crippen molar-refractivity contribution >= 4 is 44.8 Å². The smallest absolute Gasteiger partial charge is 0.429 e. The number of carbonyl (C=O) groups is 1. The molecule has 0 radical (unpaired) electrons. The Hall–Kier alpha value is -2.07. The molecule has 0 aromatic heterocycles. The van der Waals surface area contributed by atoms with E-state index in [4.69, 9.17) is 16.3 Å². The summed E-state index contributed by atoms with van der Waals surface area (Å²) in [4.78, 5) is 12.7. The highest BCUT2D eigenvalue weighted by Crippen LogP contribution is 2.46. The van der Waals surface area contributed by atoms with Gasteiger partial charge in [0.2, 0.25) is 0 Å². The monoisotopic (exact) mass is 514 g/mol. The van der Waals surface area contributed by atoms with Crippen molar-refractivity contribution in [1.29, 1.82) is 0 Å². The first-order chi connectivity index (χ1) is 14.0. The number of benzene rings is 2. The van der Waals surface area contributed by atoms with Gasteiger partial charge in [-0.1, -0.05) is 17.7 Å². The number of nitrogens with one attached hydrogen (secondary N) is 2. The molecule has 4 nitrogen and oxygen atoms in total. The van der Waals surface area contributed by atoms with Crippen LogP contribution < -0.4 is 15.4 Å². The Morgan fingerprint density at radius 1 is 1.23 bits per heavy atom. The summed E-state index contributed by atoms with van der Waals surface area (Å²) < 4.78 is 71.4. The van der Waals surface area contributed by atoms with Gasteiger partial charge in [0, 0.05) is 16.6 Å². The summed E-state index contributed by atoms with van der Waals surface area (Å²) in [5.74, 6) is -0.423. The van der Waals surface area contributed by atoms with Crippen molar-refractivity contribution in [3.05, 3.63) is 51.0 Å². The van der Waals surface area contributed by atoms with Crippen molar-refractivity contribution in [3.63, 3.8) is 0 Å². The Morgan fingerprint density at radius 3 is 2.40 bits per heavy atom. The quantitative estimate of drug-likeness (QED) is 0.414. The van der Waals surface area contributed by atoms with Gasteiger partial charge in [-0.05, 0) is 47.1 Å². The second kappa shape index (κ2) is 9.38. The van der Waals surface area contributed by atoms with Crippen LogP contribution in [0.25, 0.3) is 0 Å². The lowest BCUT2D eigenvalue weighted by atomic mass is 9.96. The molecule has 0 saturated heterocycles. The molecule has 0 fully saturated rings. The van der Waals surface area contributed by atoms with Crippen molar-refractivity contribution in [2.45, 2.75) is 18.8 Å². The Morgan fingerprint density at radius 2 is 1.90 bits per heavy atom. The maximum Gasteiger partial charge on any atom is 0.429 e. The van der Waals surface area contributed by atoms with Crippen LogP contribution in [0.15, 0.2) is 34.8 Å². The number of alkyl halides is 5. The highest BCUT2D eigenvalue weighted by molar-refractivity contribution is 9.10. The van der Waals surface area contributed by atoms with E-state index in [1.54, 1.807) is 12.1 Å². The molecule has 1 unspecified atom stereocenters. The van der Waals surface area contributed by atoms with Gasteiger partial charge in [-0.15, -0.1) is 0 Å². The fourth-order valence-corrected chi connectivity index (χ4v) is 3.62. The molecule has 2 aromatic rings. The summed E-state index contributed by atoms with van der Waals surface area (Å²) in [5, 5.41) is 5.07. The molecule has 0 aliphatic rings. The van der Waals surface area contributed by atoms with Crippen LogP contribution in [0.1, 0.15) is 22.8 Å². The second-order valence-electron chi connectivity index (χ2n) is 6.12. The van der Waals surface area contributed by atoms with E-state index in [0.29, 0.717) is 18.3 Å². The molecular weight excluding hydrogens is 499 g/mol. The minimum Gasteiger partial charge on any atom is -0.494 e. The molecule has 0 aliphatic heterocycles. The molecule has 2 N–H and O–H groups in total. The minimum atomic E-state index is -5.49. The van der Waals surface area contributed by atoms with E-state index in [-0.39, 0.29) is 21.5 Å². The molecule has 11 heteroatoms. The Kier molecular flexibility index (Phi) is 7.57. The van der Waals surface area contributed by atoms with Crippen molar-refractivity contribution in [1.82, 2.24) is 0 Å². The third-order valence-corrected chi connectivity index (χ3v) is 5.13. The molecule has 1 amide bonds. The summed E-state index contributed by atoms with van der Waals surface area (Å²) in [6.45, 7) is 0.103. The number of rotatable bonds is 7. The lowest BCUT2D eigenvalue weighted by Gasteiger charge is -2.26. The van der Waals surface area contributed by atoms with Crippen molar-refractivity contribution in [2.75, 3.05) is 31.0 Å². The number of anilines is 2. The zero-order chi connectivity index (χ0) is 22.7. The average molecular weight is 516 g/mol. The van der Waals surface area contributed by atoms with Gasteiger partial charge in [0.15, 0.2) is 5.75 Å². The standard InChI is InChI=1S/C19H17BrClF5N2O2/c1-3-27-14-6-4-5-11(16(14)30-2)17(29)28-15-12(20)7-10(8-13(15)21)18(23,9-22)19(24,25)26/h4-8,27H,3,9H2,1-2H3,(H,28,29). The number of halogens is 7. The van der Waals surface area contributed by atoms with Crippen LogP contribution in [0, 0.1) is 0 Å². The van der Waals surface area contributed by atoms with Gasteiger partial charge >= 0.3 is 6.18 Å². The van der Waals surface area contributed by atoms with Crippen LogP contribution >= 0.6 is 27.5 Å². The second-order valence-corrected chi connectivity index (χ2v) is 7.38. The minimum absolute atomic E-state index is 0.107. The summed E-state index contributed by atoms with van der Waals surface area (Å²) in [7, 11) is 1.37. The predicted molar refractivity (Wildman–Crippen MR) is 109 cm³/mol. The number of carbonyl (C=O) groups excluding carboxylic acids is 1. The summed E-state index contributed by atoms with van der Waals surface area (Å²) in [6.07, 6.45) is -5.49. The van der Waals surface area contributed by atoms with Gasteiger partial charge in [-0.3, -0.25) is 4.79 Å². The summed E-state index contributed by atoms with van der Waals surface area (Å²) in [6, 6.07) is 6.13. The molecule has 0 aliphatic carbocycles.